The van der Waals surface area contributed by atoms with E-state index >= 15 is 0 Å². The van der Waals surface area contributed by atoms with E-state index in [1.165, 1.54) is 7.05 Å². The van der Waals surface area contributed by atoms with Crippen molar-refractivity contribution in [2.75, 3.05) is 17.7 Å². The zero-order valence-electron chi connectivity index (χ0n) is 16.2. The Morgan fingerprint density at radius 1 is 1.24 bits per heavy atom. The number of anilines is 3. The minimum atomic E-state index is -2.92. The number of hydrogen-bond acceptors (Lipinski definition) is 5. The lowest BCUT2D eigenvalue weighted by Gasteiger charge is -2.38. The van der Waals surface area contributed by atoms with Crippen LogP contribution in [0.4, 0.5) is 30.5 Å². The Hall–Kier alpha value is -2.81. The average molecular weight is 407 g/mol. The van der Waals surface area contributed by atoms with Crippen molar-refractivity contribution < 1.29 is 18.0 Å². The predicted octanol–water partition coefficient (Wildman–Crippen LogP) is 3.56. The van der Waals surface area contributed by atoms with Crippen LogP contribution < -0.4 is 21.7 Å². The average Bonchev–Trinajstić information content (AvgIpc) is 2.65. The Labute approximate surface area is 167 Å². The topological polar surface area (TPSA) is 92.1 Å². The third-order valence-corrected chi connectivity index (χ3v) is 5.07. The minimum absolute atomic E-state index is 0.0498. The summed E-state index contributed by atoms with van der Waals surface area (Å²) in [6, 6.07) is 6.34. The van der Waals surface area contributed by atoms with E-state index in [-0.39, 0.29) is 23.6 Å². The van der Waals surface area contributed by atoms with E-state index in [4.69, 9.17) is 5.73 Å². The van der Waals surface area contributed by atoms with E-state index < -0.39 is 29.7 Å². The molecule has 1 aromatic carbocycles. The summed E-state index contributed by atoms with van der Waals surface area (Å²) in [5, 5.41) is 8.35. The largest absolute Gasteiger partial charge is 0.365 e. The molecule has 0 saturated heterocycles. The van der Waals surface area contributed by atoms with Gasteiger partial charge in [-0.2, -0.15) is 0 Å². The van der Waals surface area contributed by atoms with Gasteiger partial charge in [0.05, 0.1) is 11.6 Å². The van der Waals surface area contributed by atoms with Crippen molar-refractivity contribution >= 4 is 23.2 Å². The van der Waals surface area contributed by atoms with Crippen LogP contribution in [-0.4, -0.2) is 35.9 Å². The lowest BCUT2D eigenvalue weighted by atomic mass is 9.87. The molecule has 5 N–H and O–H groups in total. The van der Waals surface area contributed by atoms with E-state index in [2.05, 4.69) is 20.9 Å². The molecule has 1 heterocycles. The molecule has 1 amide bonds. The van der Waals surface area contributed by atoms with Gasteiger partial charge in [0, 0.05) is 18.2 Å². The van der Waals surface area contributed by atoms with Crippen molar-refractivity contribution in [3.05, 3.63) is 47.3 Å². The molecule has 9 heteroatoms. The molecule has 0 spiro atoms. The number of nitrogens with two attached hydrogens (primary N) is 1. The van der Waals surface area contributed by atoms with Gasteiger partial charge in [-0.3, -0.25) is 4.79 Å². The van der Waals surface area contributed by atoms with Crippen LogP contribution in [0.15, 0.2) is 30.3 Å². The summed E-state index contributed by atoms with van der Waals surface area (Å²) in [6.45, 7) is 1.93. The SMILES string of the molecule is CNC1[C@H](Nc2nc(Nc3ccc(C)cc3)c(C(N)=O)cc2F)CCCC1(F)F. The lowest BCUT2D eigenvalue weighted by Crippen LogP contribution is -2.56. The molecular formula is C20H24F3N5O. The van der Waals surface area contributed by atoms with Crippen molar-refractivity contribution in [1.29, 1.82) is 0 Å². The fourth-order valence-electron chi connectivity index (χ4n) is 3.56. The number of rotatable bonds is 6. The first-order valence-corrected chi connectivity index (χ1v) is 9.37. The molecule has 29 heavy (non-hydrogen) atoms. The fraction of sp³-hybridized carbons (Fsp3) is 0.400. The van der Waals surface area contributed by atoms with Crippen LogP contribution in [0.3, 0.4) is 0 Å². The second kappa shape index (κ2) is 8.28. The lowest BCUT2D eigenvalue weighted by molar-refractivity contribution is -0.0654. The van der Waals surface area contributed by atoms with E-state index in [9.17, 15) is 18.0 Å². The van der Waals surface area contributed by atoms with Crippen molar-refractivity contribution in [3.63, 3.8) is 0 Å². The number of aromatic nitrogens is 1. The van der Waals surface area contributed by atoms with Gasteiger partial charge in [-0.15, -0.1) is 0 Å². The summed E-state index contributed by atoms with van der Waals surface area (Å²) in [4.78, 5) is 15.9. The van der Waals surface area contributed by atoms with Gasteiger partial charge in [-0.05, 0) is 45.0 Å². The van der Waals surface area contributed by atoms with Gasteiger partial charge in [0.2, 0.25) is 0 Å². The number of amides is 1. The minimum Gasteiger partial charge on any atom is -0.365 e. The summed E-state index contributed by atoms with van der Waals surface area (Å²) >= 11 is 0. The highest BCUT2D eigenvalue weighted by atomic mass is 19.3. The maximum absolute atomic E-state index is 14.6. The van der Waals surface area contributed by atoms with Crippen molar-refractivity contribution in [2.24, 2.45) is 5.73 Å². The predicted molar refractivity (Wildman–Crippen MR) is 106 cm³/mol. The molecule has 1 saturated carbocycles. The van der Waals surface area contributed by atoms with Crippen LogP contribution in [0.1, 0.15) is 35.2 Å². The molecule has 1 aliphatic rings. The monoisotopic (exact) mass is 407 g/mol. The highest BCUT2D eigenvalue weighted by molar-refractivity contribution is 5.98. The van der Waals surface area contributed by atoms with Gasteiger partial charge in [0.25, 0.3) is 11.8 Å². The molecule has 1 unspecified atom stereocenters. The molecule has 0 radical (unpaired) electrons. The Bertz CT molecular complexity index is 888. The normalized spacial score (nSPS) is 20.9. The van der Waals surface area contributed by atoms with E-state index in [1.54, 1.807) is 12.1 Å². The van der Waals surface area contributed by atoms with Crippen LogP contribution in [0.5, 0.6) is 0 Å². The summed E-state index contributed by atoms with van der Waals surface area (Å²) in [5.41, 5.74) is 6.89. The van der Waals surface area contributed by atoms with Gasteiger partial charge in [0.1, 0.15) is 5.82 Å². The highest BCUT2D eigenvalue weighted by Crippen LogP contribution is 2.35. The van der Waals surface area contributed by atoms with Crippen LogP contribution in [0, 0.1) is 12.7 Å². The van der Waals surface area contributed by atoms with Crippen LogP contribution >= 0.6 is 0 Å². The van der Waals surface area contributed by atoms with Gasteiger partial charge < -0.3 is 21.7 Å². The molecule has 0 aliphatic heterocycles. The summed E-state index contributed by atoms with van der Waals surface area (Å²) in [7, 11) is 1.45. The number of nitrogens with zero attached hydrogens (tertiary/aromatic N) is 1. The zero-order chi connectivity index (χ0) is 21.2. The maximum atomic E-state index is 14.6. The number of alkyl halides is 2. The molecule has 1 aromatic heterocycles. The third-order valence-electron chi connectivity index (χ3n) is 5.07. The molecule has 1 fully saturated rings. The number of pyridine rings is 1. The first-order valence-electron chi connectivity index (χ1n) is 9.37. The summed E-state index contributed by atoms with van der Waals surface area (Å²) < 4.78 is 43.0. The van der Waals surface area contributed by atoms with Gasteiger partial charge in [-0.1, -0.05) is 17.7 Å². The maximum Gasteiger partial charge on any atom is 0.265 e. The Kier molecular flexibility index (Phi) is 5.97. The number of benzene rings is 1. The number of nitrogens with one attached hydrogen (secondary N) is 3. The van der Waals surface area contributed by atoms with Crippen molar-refractivity contribution in [3.8, 4) is 0 Å². The number of primary amides is 1. The second-order valence-electron chi connectivity index (χ2n) is 7.24. The number of carbonyl (C=O) groups is 1. The van der Waals surface area contributed by atoms with E-state index in [0.717, 1.165) is 11.6 Å². The van der Waals surface area contributed by atoms with E-state index in [0.29, 0.717) is 18.5 Å². The third kappa shape index (κ3) is 4.61. The van der Waals surface area contributed by atoms with Crippen LogP contribution in [0.25, 0.3) is 0 Å². The summed E-state index contributed by atoms with van der Waals surface area (Å²) in [6.07, 6.45) is 0.506. The number of hydrogen-bond donors (Lipinski definition) is 4. The molecule has 6 nitrogen and oxygen atoms in total. The fourth-order valence-corrected chi connectivity index (χ4v) is 3.56. The van der Waals surface area contributed by atoms with Crippen LogP contribution in [-0.2, 0) is 0 Å². The van der Waals surface area contributed by atoms with Gasteiger partial charge >= 0.3 is 0 Å². The smallest absolute Gasteiger partial charge is 0.265 e. The highest BCUT2D eigenvalue weighted by Gasteiger charge is 2.46. The zero-order valence-corrected chi connectivity index (χ0v) is 16.2. The second-order valence-corrected chi connectivity index (χ2v) is 7.24. The van der Waals surface area contributed by atoms with Crippen LogP contribution in [0.2, 0.25) is 0 Å². The van der Waals surface area contributed by atoms with Gasteiger partial charge in [0.15, 0.2) is 11.6 Å². The number of carbonyl (C=O) groups excluding carboxylic acids is 1. The summed E-state index contributed by atoms with van der Waals surface area (Å²) in [5.74, 6) is -4.77. The van der Waals surface area contributed by atoms with Crippen molar-refractivity contribution in [1.82, 2.24) is 10.3 Å². The first-order chi connectivity index (χ1) is 13.7. The Morgan fingerprint density at radius 3 is 2.55 bits per heavy atom. The van der Waals surface area contributed by atoms with Gasteiger partial charge in [-0.25, -0.2) is 18.2 Å². The molecule has 3 rings (SSSR count). The standard InChI is InChI=1S/C20H24F3N5O/c1-11-5-7-12(8-6-11)26-18-13(17(24)29)10-14(21)19(28-18)27-15-4-3-9-20(22,23)16(15)25-2/h5-8,10,15-16,25H,3-4,9H2,1-2H3,(H2,24,29)(H2,26,27,28)/t15-,16?/m1/s1. The first kappa shape index (κ1) is 20.9. The molecule has 2 aromatic rings. The molecule has 1 aliphatic carbocycles. The molecule has 0 bridgehead atoms. The Balaban J connectivity index is 1.92. The number of likely N-dealkylation sites (N-methyl/N-ethyl adjacent to an activating group) is 1. The molecule has 2 atom stereocenters. The quantitative estimate of drug-likeness (QED) is 0.588. The van der Waals surface area contributed by atoms with Crippen molar-refractivity contribution in [2.45, 2.75) is 44.2 Å². The van der Waals surface area contributed by atoms with E-state index in [1.807, 2.05) is 19.1 Å². The molecular weight excluding hydrogens is 383 g/mol. The molecule has 156 valence electrons. The number of halogens is 3. The number of aryl methyl sites for hydroxylation is 1. The Morgan fingerprint density at radius 2 is 1.93 bits per heavy atom.